The minimum absolute atomic E-state index is 0.248. The van der Waals surface area contributed by atoms with Gasteiger partial charge in [-0.2, -0.15) is 13.2 Å². The summed E-state index contributed by atoms with van der Waals surface area (Å²) in [6.45, 7) is 0. The van der Waals surface area contributed by atoms with Crippen LogP contribution in [0.4, 0.5) is 13.2 Å². The maximum absolute atomic E-state index is 12.7. The Bertz CT molecular complexity index is 1120. The first-order chi connectivity index (χ1) is 13.9. The largest absolute Gasteiger partial charge is 0.435 e. The molecule has 146 valence electrons. The Morgan fingerprint density at radius 1 is 0.897 bits per heavy atom. The predicted octanol–water partition coefficient (Wildman–Crippen LogP) is 4.94. The Kier molecular flexibility index (Phi) is 5.20. The Balaban J connectivity index is 1.75. The summed E-state index contributed by atoms with van der Waals surface area (Å²) in [5, 5.41) is 16.5. The Labute approximate surface area is 171 Å². The topological polar surface area (TPSA) is 69.4 Å². The quantitative estimate of drug-likeness (QED) is 0.453. The van der Waals surface area contributed by atoms with E-state index >= 15 is 0 Å². The van der Waals surface area contributed by atoms with Crippen LogP contribution in [0.1, 0.15) is 5.69 Å². The molecule has 11 heteroatoms. The SMILES string of the molecule is FC(F)(F)c1ccc(Sc2nnc(-c3cccnc3)n2-c2ccc(Cl)cc2)nn1. The van der Waals surface area contributed by atoms with Crippen LogP contribution in [0, 0.1) is 0 Å². The Hall–Kier alpha value is -2.98. The molecule has 0 unspecified atom stereocenters. The van der Waals surface area contributed by atoms with E-state index in [4.69, 9.17) is 11.6 Å². The number of benzene rings is 1. The highest BCUT2D eigenvalue weighted by atomic mass is 35.5. The van der Waals surface area contributed by atoms with Crippen molar-refractivity contribution >= 4 is 23.4 Å². The van der Waals surface area contributed by atoms with Gasteiger partial charge in [0.2, 0.25) is 5.16 Å². The van der Waals surface area contributed by atoms with Crippen LogP contribution in [-0.4, -0.2) is 29.9 Å². The van der Waals surface area contributed by atoms with Crippen LogP contribution in [0.25, 0.3) is 17.1 Å². The van der Waals surface area contributed by atoms with E-state index in [-0.39, 0.29) is 5.03 Å². The average Bonchev–Trinajstić information content (AvgIpc) is 3.12. The van der Waals surface area contributed by atoms with Gasteiger partial charge in [-0.25, -0.2) is 0 Å². The molecule has 0 saturated carbocycles. The molecular weight excluding hydrogens is 425 g/mol. The third-order valence-corrected chi connectivity index (χ3v) is 4.89. The van der Waals surface area contributed by atoms with Gasteiger partial charge in [0.15, 0.2) is 11.5 Å². The lowest BCUT2D eigenvalue weighted by Crippen LogP contribution is -2.08. The number of alkyl halides is 3. The van der Waals surface area contributed by atoms with Gasteiger partial charge < -0.3 is 0 Å². The van der Waals surface area contributed by atoms with E-state index in [1.807, 2.05) is 6.07 Å². The van der Waals surface area contributed by atoms with Gasteiger partial charge in [-0.3, -0.25) is 9.55 Å². The average molecular weight is 435 g/mol. The fourth-order valence-electron chi connectivity index (χ4n) is 2.46. The van der Waals surface area contributed by atoms with Crippen molar-refractivity contribution in [1.82, 2.24) is 29.9 Å². The van der Waals surface area contributed by atoms with E-state index in [0.717, 1.165) is 29.1 Å². The second-order valence-electron chi connectivity index (χ2n) is 5.72. The minimum atomic E-state index is -4.55. The highest BCUT2D eigenvalue weighted by Gasteiger charge is 2.33. The van der Waals surface area contributed by atoms with Gasteiger partial charge in [-0.05, 0) is 60.3 Å². The number of rotatable bonds is 4. The van der Waals surface area contributed by atoms with Gasteiger partial charge in [0, 0.05) is 28.7 Å². The number of halogens is 4. The van der Waals surface area contributed by atoms with Gasteiger partial charge in [0.05, 0.1) is 0 Å². The van der Waals surface area contributed by atoms with E-state index in [9.17, 15) is 13.2 Å². The van der Waals surface area contributed by atoms with Crippen LogP contribution in [-0.2, 0) is 6.18 Å². The molecule has 6 nitrogen and oxygen atoms in total. The lowest BCUT2D eigenvalue weighted by atomic mass is 10.2. The van der Waals surface area contributed by atoms with Crippen molar-refractivity contribution in [3.8, 4) is 17.1 Å². The molecule has 3 heterocycles. The zero-order chi connectivity index (χ0) is 20.4. The molecule has 0 radical (unpaired) electrons. The van der Waals surface area contributed by atoms with Crippen LogP contribution < -0.4 is 0 Å². The summed E-state index contributed by atoms with van der Waals surface area (Å²) in [5.41, 5.74) is 0.387. The van der Waals surface area contributed by atoms with Gasteiger partial charge in [-0.1, -0.05) is 11.6 Å². The molecule has 0 bridgehead atoms. The third-order valence-electron chi connectivity index (χ3n) is 3.76. The Morgan fingerprint density at radius 3 is 2.31 bits per heavy atom. The second-order valence-corrected chi connectivity index (χ2v) is 7.14. The first kappa shape index (κ1) is 19.3. The van der Waals surface area contributed by atoms with Crippen molar-refractivity contribution in [1.29, 1.82) is 0 Å². The number of hydrogen-bond acceptors (Lipinski definition) is 6. The number of hydrogen-bond donors (Lipinski definition) is 0. The summed E-state index contributed by atoms with van der Waals surface area (Å²) < 4.78 is 39.9. The number of nitrogens with zero attached hydrogens (tertiary/aromatic N) is 6. The van der Waals surface area contributed by atoms with Gasteiger partial charge in [-0.15, -0.1) is 20.4 Å². The lowest BCUT2D eigenvalue weighted by molar-refractivity contribution is -0.141. The molecule has 0 amide bonds. The molecule has 0 aliphatic heterocycles. The lowest BCUT2D eigenvalue weighted by Gasteiger charge is -2.10. The molecule has 4 aromatic rings. The molecular formula is C18H10ClF3N6S. The maximum Gasteiger partial charge on any atom is 0.435 e. The van der Waals surface area contributed by atoms with Crippen molar-refractivity contribution in [2.45, 2.75) is 16.4 Å². The standard InChI is InChI=1S/C18H10ClF3N6S/c19-12-3-5-13(6-4-12)28-16(11-2-1-9-23-10-11)26-27-17(28)29-15-8-7-14(24-25-15)18(20,21)22/h1-10H. The highest BCUT2D eigenvalue weighted by molar-refractivity contribution is 7.99. The first-order valence-corrected chi connectivity index (χ1v) is 9.32. The summed E-state index contributed by atoms with van der Waals surface area (Å²) in [5.74, 6) is 0.516. The van der Waals surface area contributed by atoms with Gasteiger partial charge >= 0.3 is 6.18 Å². The molecule has 0 fully saturated rings. The van der Waals surface area contributed by atoms with E-state index in [0.29, 0.717) is 16.0 Å². The van der Waals surface area contributed by atoms with Crippen molar-refractivity contribution in [2.24, 2.45) is 0 Å². The summed E-state index contributed by atoms with van der Waals surface area (Å²) in [6, 6.07) is 12.7. The Morgan fingerprint density at radius 2 is 1.69 bits per heavy atom. The second kappa shape index (κ2) is 7.80. The molecule has 4 rings (SSSR count). The normalized spacial score (nSPS) is 11.6. The van der Waals surface area contributed by atoms with Crippen LogP contribution in [0.15, 0.2) is 71.1 Å². The molecule has 29 heavy (non-hydrogen) atoms. The first-order valence-electron chi connectivity index (χ1n) is 8.12. The van der Waals surface area contributed by atoms with Crippen molar-refractivity contribution in [3.05, 3.63) is 71.6 Å². The summed E-state index contributed by atoms with van der Waals surface area (Å²) in [4.78, 5) is 4.10. The summed E-state index contributed by atoms with van der Waals surface area (Å²) in [7, 11) is 0. The van der Waals surface area contributed by atoms with Crippen molar-refractivity contribution < 1.29 is 13.2 Å². The van der Waals surface area contributed by atoms with Crippen LogP contribution >= 0.6 is 23.4 Å². The molecule has 0 saturated heterocycles. The monoisotopic (exact) mass is 434 g/mol. The zero-order valence-corrected chi connectivity index (χ0v) is 15.9. The highest BCUT2D eigenvalue weighted by Crippen LogP contribution is 2.33. The number of pyridine rings is 1. The van der Waals surface area contributed by atoms with Crippen molar-refractivity contribution in [2.75, 3.05) is 0 Å². The molecule has 0 N–H and O–H groups in total. The molecule has 0 aliphatic carbocycles. The van der Waals surface area contributed by atoms with E-state index < -0.39 is 11.9 Å². The van der Waals surface area contributed by atoms with E-state index in [1.54, 1.807) is 47.3 Å². The molecule has 0 atom stereocenters. The molecule has 0 aliphatic rings. The minimum Gasteiger partial charge on any atom is -0.270 e. The van der Waals surface area contributed by atoms with Crippen LogP contribution in [0.2, 0.25) is 5.02 Å². The van der Waals surface area contributed by atoms with Crippen molar-refractivity contribution in [3.63, 3.8) is 0 Å². The number of aromatic nitrogens is 6. The molecule has 3 aromatic heterocycles. The smallest absolute Gasteiger partial charge is 0.270 e. The molecule has 1 aromatic carbocycles. The van der Waals surface area contributed by atoms with E-state index in [1.165, 1.54) is 6.07 Å². The summed E-state index contributed by atoms with van der Waals surface area (Å²) in [6.07, 6.45) is -1.27. The van der Waals surface area contributed by atoms with Crippen LogP contribution in [0.3, 0.4) is 0 Å². The predicted molar refractivity (Wildman–Crippen MR) is 101 cm³/mol. The van der Waals surface area contributed by atoms with Gasteiger partial charge in [0.1, 0.15) is 5.03 Å². The zero-order valence-electron chi connectivity index (χ0n) is 14.4. The summed E-state index contributed by atoms with van der Waals surface area (Å²) >= 11 is 7.03. The molecule has 0 spiro atoms. The van der Waals surface area contributed by atoms with Crippen LogP contribution in [0.5, 0.6) is 0 Å². The van der Waals surface area contributed by atoms with E-state index in [2.05, 4.69) is 25.4 Å². The maximum atomic E-state index is 12.7. The fourth-order valence-corrected chi connectivity index (χ4v) is 3.36. The third kappa shape index (κ3) is 4.22. The fraction of sp³-hybridized carbons (Fsp3) is 0.0556. The van der Waals surface area contributed by atoms with Gasteiger partial charge in [0.25, 0.3) is 0 Å².